The van der Waals surface area contributed by atoms with Gasteiger partial charge in [-0.3, -0.25) is 4.98 Å². The molecule has 0 radical (unpaired) electrons. The standard InChI is InChI=1S/C15H15F3N4/c16-15(17,18)11-5-3-10(4-6-11)12-2-1-7-22(12)14-9-20-8-13(19)21-14/h3-6,8-9,12H,1-2,7H2,(H2,19,21). The molecule has 1 saturated heterocycles. The Hall–Kier alpha value is -2.31. The van der Waals surface area contributed by atoms with E-state index in [0.717, 1.165) is 37.1 Å². The normalized spacial score (nSPS) is 18.7. The number of hydrogen-bond acceptors (Lipinski definition) is 4. The van der Waals surface area contributed by atoms with E-state index < -0.39 is 11.7 Å². The van der Waals surface area contributed by atoms with Gasteiger partial charge in [-0.1, -0.05) is 12.1 Å². The van der Waals surface area contributed by atoms with Crippen molar-refractivity contribution in [2.24, 2.45) is 0 Å². The zero-order valence-corrected chi connectivity index (χ0v) is 11.7. The molecule has 2 heterocycles. The molecule has 7 heteroatoms. The highest BCUT2D eigenvalue weighted by atomic mass is 19.4. The number of alkyl halides is 3. The second kappa shape index (κ2) is 5.47. The molecule has 1 aromatic carbocycles. The molecule has 0 aliphatic carbocycles. The lowest BCUT2D eigenvalue weighted by Crippen LogP contribution is -2.24. The second-order valence-corrected chi connectivity index (χ2v) is 5.27. The maximum atomic E-state index is 12.6. The van der Waals surface area contributed by atoms with E-state index in [0.29, 0.717) is 11.6 Å². The van der Waals surface area contributed by atoms with Crippen molar-refractivity contribution in [1.29, 1.82) is 0 Å². The molecule has 1 aromatic heterocycles. The Morgan fingerprint density at radius 2 is 1.86 bits per heavy atom. The van der Waals surface area contributed by atoms with Crippen LogP contribution in [0.15, 0.2) is 36.7 Å². The number of nitrogens with zero attached hydrogens (tertiary/aromatic N) is 3. The molecule has 3 rings (SSSR count). The predicted molar refractivity (Wildman–Crippen MR) is 77.2 cm³/mol. The van der Waals surface area contributed by atoms with Crippen molar-refractivity contribution >= 4 is 11.6 Å². The van der Waals surface area contributed by atoms with Gasteiger partial charge in [0.25, 0.3) is 0 Å². The van der Waals surface area contributed by atoms with Crippen molar-refractivity contribution in [2.45, 2.75) is 25.1 Å². The van der Waals surface area contributed by atoms with Crippen LogP contribution >= 0.6 is 0 Å². The number of rotatable bonds is 2. The van der Waals surface area contributed by atoms with E-state index in [9.17, 15) is 13.2 Å². The van der Waals surface area contributed by atoms with Gasteiger partial charge in [-0.25, -0.2) is 4.98 Å². The maximum absolute atomic E-state index is 12.6. The quantitative estimate of drug-likeness (QED) is 0.923. The van der Waals surface area contributed by atoms with Crippen molar-refractivity contribution in [3.05, 3.63) is 47.8 Å². The van der Waals surface area contributed by atoms with Gasteiger partial charge in [0.2, 0.25) is 0 Å². The first-order valence-electron chi connectivity index (χ1n) is 6.96. The Labute approximate surface area is 125 Å². The molecule has 0 spiro atoms. The van der Waals surface area contributed by atoms with Crippen molar-refractivity contribution in [3.8, 4) is 0 Å². The average Bonchev–Trinajstić information content (AvgIpc) is 2.96. The first-order valence-corrected chi connectivity index (χ1v) is 6.96. The van der Waals surface area contributed by atoms with Crippen molar-refractivity contribution in [2.75, 3.05) is 17.2 Å². The third kappa shape index (κ3) is 2.84. The van der Waals surface area contributed by atoms with Gasteiger partial charge in [-0.15, -0.1) is 0 Å². The first-order chi connectivity index (χ1) is 10.4. The van der Waals surface area contributed by atoms with Crippen LogP contribution in [0.4, 0.5) is 24.8 Å². The van der Waals surface area contributed by atoms with E-state index >= 15 is 0 Å². The fraction of sp³-hybridized carbons (Fsp3) is 0.333. The fourth-order valence-corrected chi connectivity index (χ4v) is 2.79. The third-order valence-electron chi connectivity index (χ3n) is 3.81. The van der Waals surface area contributed by atoms with Crippen LogP contribution in [0.1, 0.15) is 30.0 Å². The molecule has 0 saturated carbocycles. The zero-order valence-electron chi connectivity index (χ0n) is 11.7. The molecule has 0 amide bonds. The number of halogens is 3. The highest BCUT2D eigenvalue weighted by Gasteiger charge is 2.32. The summed E-state index contributed by atoms with van der Waals surface area (Å²) in [7, 11) is 0. The smallest absolute Gasteiger partial charge is 0.382 e. The molecule has 1 fully saturated rings. The van der Waals surface area contributed by atoms with Gasteiger partial charge in [0.05, 0.1) is 24.0 Å². The van der Waals surface area contributed by atoms with E-state index in [2.05, 4.69) is 9.97 Å². The lowest BCUT2D eigenvalue weighted by molar-refractivity contribution is -0.137. The van der Waals surface area contributed by atoms with E-state index in [4.69, 9.17) is 5.73 Å². The van der Waals surface area contributed by atoms with Crippen LogP contribution < -0.4 is 10.6 Å². The minimum absolute atomic E-state index is 0.00150. The van der Waals surface area contributed by atoms with E-state index in [1.54, 1.807) is 6.20 Å². The van der Waals surface area contributed by atoms with Gasteiger partial charge >= 0.3 is 6.18 Å². The molecule has 1 atom stereocenters. The molecular formula is C15H15F3N4. The largest absolute Gasteiger partial charge is 0.416 e. The summed E-state index contributed by atoms with van der Waals surface area (Å²) in [6, 6.07) is 5.31. The van der Waals surface area contributed by atoms with Gasteiger partial charge in [0.15, 0.2) is 0 Å². The monoisotopic (exact) mass is 308 g/mol. The molecule has 2 N–H and O–H groups in total. The average molecular weight is 308 g/mol. The number of anilines is 2. The Balaban J connectivity index is 1.87. The summed E-state index contributed by atoms with van der Waals surface area (Å²) in [6.45, 7) is 0.782. The van der Waals surface area contributed by atoms with Gasteiger partial charge in [0, 0.05) is 6.54 Å². The number of aromatic nitrogens is 2. The van der Waals surface area contributed by atoms with E-state index in [1.807, 2.05) is 4.90 Å². The van der Waals surface area contributed by atoms with Crippen LogP contribution in [0.2, 0.25) is 0 Å². The Morgan fingerprint density at radius 3 is 2.50 bits per heavy atom. The summed E-state index contributed by atoms with van der Waals surface area (Å²) in [5.74, 6) is 0.984. The molecule has 0 bridgehead atoms. The molecular weight excluding hydrogens is 293 g/mol. The summed E-state index contributed by atoms with van der Waals surface area (Å²) in [5.41, 5.74) is 5.86. The Kier molecular flexibility index (Phi) is 3.64. The van der Waals surface area contributed by atoms with Gasteiger partial charge in [0.1, 0.15) is 11.6 Å². The number of benzene rings is 1. The van der Waals surface area contributed by atoms with Crippen LogP contribution in [0.25, 0.3) is 0 Å². The minimum atomic E-state index is -4.31. The highest BCUT2D eigenvalue weighted by molar-refractivity contribution is 5.46. The van der Waals surface area contributed by atoms with Gasteiger partial charge < -0.3 is 10.6 Å². The third-order valence-corrected chi connectivity index (χ3v) is 3.81. The molecule has 1 aliphatic heterocycles. The van der Waals surface area contributed by atoms with Crippen molar-refractivity contribution in [1.82, 2.24) is 9.97 Å². The summed E-state index contributed by atoms with van der Waals surface area (Å²) >= 11 is 0. The SMILES string of the molecule is Nc1cncc(N2CCCC2c2ccc(C(F)(F)F)cc2)n1. The summed E-state index contributed by atoms with van der Waals surface area (Å²) in [5, 5.41) is 0. The second-order valence-electron chi connectivity index (χ2n) is 5.27. The zero-order chi connectivity index (χ0) is 15.7. The summed E-state index contributed by atoms with van der Waals surface area (Å²) in [4.78, 5) is 10.3. The predicted octanol–water partition coefficient (Wildman–Crippen LogP) is 3.42. The lowest BCUT2D eigenvalue weighted by Gasteiger charge is -2.26. The van der Waals surface area contributed by atoms with E-state index in [-0.39, 0.29) is 6.04 Å². The van der Waals surface area contributed by atoms with Crippen LogP contribution in [0, 0.1) is 0 Å². The number of nitrogen functional groups attached to an aromatic ring is 1. The molecule has 4 nitrogen and oxygen atoms in total. The highest BCUT2D eigenvalue weighted by Crippen LogP contribution is 2.36. The lowest BCUT2D eigenvalue weighted by atomic mass is 10.0. The molecule has 22 heavy (non-hydrogen) atoms. The summed E-state index contributed by atoms with van der Waals surface area (Å²) < 4.78 is 37.9. The number of hydrogen-bond donors (Lipinski definition) is 1. The van der Waals surface area contributed by atoms with Crippen LogP contribution in [0.3, 0.4) is 0 Å². The number of nitrogens with two attached hydrogens (primary N) is 1. The Morgan fingerprint density at radius 1 is 1.14 bits per heavy atom. The van der Waals surface area contributed by atoms with Crippen LogP contribution in [0.5, 0.6) is 0 Å². The molecule has 116 valence electrons. The van der Waals surface area contributed by atoms with Crippen molar-refractivity contribution < 1.29 is 13.2 Å². The molecule has 1 aliphatic rings. The van der Waals surface area contributed by atoms with Gasteiger partial charge in [-0.2, -0.15) is 13.2 Å². The Bertz CT molecular complexity index is 655. The van der Waals surface area contributed by atoms with Gasteiger partial charge in [-0.05, 0) is 30.5 Å². The fourth-order valence-electron chi connectivity index (χ4n) is 2.79. The van der Waals surface area contributed by atoms with Crippen LogP contribution in [-0.2, 0) is 6.18 Å². The molecule has 1 unspecified atom stereocenters. The minimum Gasteiger partial charge on any atom is -0.382 e. The first kappa shape index (κ1) is 14.6. The van der Waals surface area contributed by atoms with E-state index in [1.165, 1.54) is 18.3 Å². The topological polar surface area (TPSA) is 55.0 Å². The van der Waals surface area contributed by atoms with Crippen molar-refractivity contribution in [3.63, 3.8) is 0 Å². The molecule has 2 aromatic rings. The van der Waals surface area contributed by atoms with Crippen LogP contribution in [-0.4, -0.2) is 16.5 Å². The maximum Gasteiger partial charge on any atom is 0.416 e. The summed E-state index contributed by atoms with van der Waals surface area (Å²) in [6.07, 6.45) is 0.586.